The molecular formula is C25H24N4O5S. The van der Waals surface area contributed by atoms with Crippen LogP contribution in [0.4, 0.5) is 10.5 Å². The van der Waals surface area contributed by atoms with E-state index in [0.717, 1.165) is 22.3 Å². The summed E-state index contributed by atoms with van der Waals surface area (Å²) in [6.45, 7) is 0.831. The van der Waals surface area contributed by atoms with Gasteiger partial charge >= 0.3 is 12.1 Å². The minimum Gasteiger partial charge on any atom is -0.480 e. The second-order valence-corrected chi connectivity index (χ2v) is 9.73. The summed E-state index contributed by atoms with van der Waals surface area (Å²) in [7, 11) is 0. The number of hydrogen-bond acceptors (Lipinski definition) is 6. The van der Waals surface area contributed by atoms with Crippen molar-refractivity contribution >= 4 is 35.4 Å². The molecule has 9 nitrogen and oxygen atoms in total. The smallest absolute Gasteiger partial charge is 0.411 e. The molecule has 1 aromatic heterocycles. The number of anilines is 1. The molecule has 1 unspecified atom stereocenters. The summed E-state index contributed by atoms with van der Waals surface area (Å²) in [6.07, 6.45) is 2.39. The lowest BCUT2D eigenvalue weighted by Crippen LogP contribution is -2.45. The minimum absolute atomic E-state index is 0.0363. The first-order valence-electron chi connectivity index (χ1n) is 11.3. The van der Waals surface area contributed by atoms with Gasteiger partial charge in [-0.25, -0.2) is 4.79 Å². The fourth-order valence-electron chi connectivity index (χ4n) is 4.53. The molecule has 5 rings (SSSR count). The van der Waals surface area contributed by atoms with Gasteiger partial charge in [-0.1, -0.05) is 48.5 Å². The average molecular weight is 493 g/mol. The molecule has 3 aromatic rings. The summed E-state index contributed by atoms with van der Waals surface area (Å²) >= 11 is 1.34. The number of nitrogens with one attached hydrogen (secondary N) is 1. The highest BCUT2D eigenvalue weighted by Crippen LogP contribution is 2.44. The number of amides is 2. The molecule has 2 heterocycles. The van der Waals surface area contributed by atoms with Gasteiger partial charge in [0.05, 0.1) is 11.9 Å². The van der Waals surface area contributed by atoms with Crippen molar-refractivity contribution in [2.24, 2.45) is 0 Å². The normalized spacial score (nSPS) is 16.9. The third kappa shape index (κ3) is 4.88. The van der Waals surface area contributed by atoms with Crippen molar-refractivity contribution in [1.29, 1.82) is 0 Å². The maximum absolute atomic E-state index is 12.6. The molecule has 0 radical (unpaired) electrons. The van der Waals surface area contributed by atoms with Crippen molar-refractivity contribution in [3.8, 4) is 11.1 Å². The minimum atomic E-state index is -0.916. The second kappa shape index (κ2) is 9.83. The molecule has 1 fully saturated rings. The highest BCUT2D eigenvalue weighted by atomic mass is 32.2. The molecule has 0 saturated carbocycles. The summed E-state index contributed by atoms with van der Waals surface area (Å²) in [5.41, 5.74) is 4.99. The van der Waals surface area contributed by atoms with E-state index in [9.17, 15) is 19.5 Å². The number of fused-ring (bicyclic) bond motifs is 3. The SMILES string of the molecule is O=C(Nc1cnn(CC(=O)N2CCSC(C(=O)O)C2)c1)OCC1c2ccccc2-c2ccccc21. The van der Waals surface area contributed by atoms with Gasteiger partial charge in [0.2, 0.25) is 5.91 Å². The number of nitrogens with zero attached hydrogens (tertiary/aromatic N) is 3. The summed E-state index contributed by atoms with van der Waals surface area (Å²) < 4.78 is 6.96. The number of carboxylic acids is 1. The lowest BCUT2D eigenvalue weighted by atomic mass is 9.98. The highest BCUT2D eigenvalue weighted by molar-refractivity contribution is 8.00. The van der Waals surface area contributed by atoms with Crippen LogP contribution in [0.1, 0.15) is 17.0 Å². The average Bonchev–Trinajstić information content (AvgIpc) is 3.44. The van der Waals surface area contributed by atoms with Gasteiger partial charge in [-0.15, -0.1) is 11.8 Å². The summed E-state index contributed by atoms with van der Waals surface area (Å²) in [6, 6.07) is 16.2. The van der Waals surface area contributed by atoms with E-state index in [2.05, 4.69) is 34.7 Å². The summed E-state index contributed by atoms with van der Waals surface area (Å²) in [4.78, 5) is 37.8. The van der Waals surface area contributed by atoms with Gasteiger partial charge in [-0.05, 0) is 22.3 Å². The largest absolute Gasteiger partial charge is 0.480 e. The number of benzene rings is 2. The van der Waals surface area contributed by atoms with Crippen molar-refractivity contribution in [2.45, 2.75) is 17.7 Å². The molecule has 10 heteroatoms. The Kier molecular flexibility index (Phi) is 6.45. The Bertz CT molecular complexity index is 1230. The van der Waals surface area contributed by atoms with Crippen molar-refractivity contribution in [3.05, 3.63) is 72.1 Å². The van der Waals surface area contributed by atoms with E-state index in [0.29, 0.717) is 18.0 Å². The van der Waals surface area contributed by atoms with Gasteiger partial charge in [-0.3, -0.25) is 19.6 Å². The number of aromatic nitrogens is 2. The zero-order chi connectivity index (χ0) is 24.4. The van der Waals surface area contributed by atoms with E-state index in [-0.39, 0.29) is 31.5 Å². The Morgan fingerprint density at radius 3 is 2.46 bits per heavy atom. The van der Waals surface area contributed by atoms with E-state index in [1.165, 1.54) is 27.5 Å². The molecule has 1 atom stereocenters. The number of carbonyl (C=O) groups excluding carboxylic acids is 2. The van der Waals surface area contributed by atoms with Crippen molar-refractivity contribution in [1.82, 2.24) is 14.7 Å². The van der Waals surface area contributed by atoms with Crippen molar-refractivity contribution in [2.75, 3.05) is 30.8 Å². The number of hydrogen-bond donors (Lipinski definition) is 2. The number of thioether (sulfide) groups is 1. The number of ether oxygens (including phenoxy) is 1. The summed E-state index contributed by atoms with van der Waals surface area (Å²) in [5.74, 6) is -0.588. The van der Waals surface area contributed by atoms with Gasteiger partial charge in [0.15, 0.2) is 0 Å². The monoisotopic (exact) mass is 492 g/mol. The molecule has 2 amide bonds. The third-order valence-electron chi connectivity index (χ3n) is 6.22. The van der Waals surface area contributed by atoms with Crippen molar-refractivity contribution < 1.29 is 24.2 Å². The predicted octanol–water partition coefficient (Wildman–Crippen LogP) is 3.27. The third-order valence-corrected chi connectivity index (χ3v) is 7.39. The first kappa shape index (κ1) is 23.0. The number of carbonyl (C=O) groups is 3. The topological polar surface area (TPSA) is 114 Å². The zero-order valence-electron chi connectivity index (χ0n) is 18.8. The Hall–Kier alpha value is -3.79. The zero-order valence-corrected chi connectivity index (χ0v) is 19.6. The number of rotatable bonds is 6. The number of aliphatic carboxylic acids is 1. The lowest BCUT2D eigenvalue weighted by Gasteiger charge is -2.30. The molecule has 180 valence electrons. The van der Waals surface area contributed by atoms with Gasteiger partial charge in [0.25, 0.3) is 0 Å². The van der Waals surface area contributed by atoms with Crippen LogP contribution in [0.25, 0.3) is 11.1 Å². The van der Waals surface area contributed by atoms with E-state index in [1.54, 1.807) is 6.20 Å². The van der Waals surface area contributed by atoms with E-state index >= 15 is 0 Å². The fraction of sp³-hybridized carbons (Fsp3) is 0.280. The Morgan fingerprint density at radius 2 is 1.77 bits per heavy atom. The van der Waals surface area contributed by atoms with Crippen molar-refractivity contribution in [3.63, 3.8) is 0 Å². The fourth-order valence-corrected chi connectivity index (χ4v) is 5.57. The molecule has 0 bridgehead atoms. The molecule has 1 aliphatic heterocycles. The lowest BCUT2D eigenvalue weighted by molar-refractivity contribution is -0.138. The van der Waals surface area contributed by atoms with Crippen LogP contribution < -0.4 is 5.32 Å². The quantitative estimate of drug-likeness (QED) is 0.543. The molecule has 1 aliphatic carbocycles. The van der Waals surface area contributed by atoms with Gasteiger partial charge < -0.3 is 14.7 Å². The van der Waals surface area contributed by atoms with Crippen LogP contribution in [0.5, 0.6) is 0 Å². The molecule has 1 saturated heterocycles. The van der Waals surface area contributed by atoms with Crippen LogP contribution in [-0.2, 0) is 20.9 Å². The van der Waals surface area contributed by atoms with Crippen LogP contribution in [0, 0.1) is 0 Å². The summed E-state index contributed by atoms with van der Waals surface area (Å²) in [5, 5.41) is 15.4. The first-order valence-corrected chi connectivity index (χ1v) is 12.3. The molecular weight excluding hydrogens is 468 g/mol. The molecule has 0 spiro atoms. The van der Waals surface area contributed by atoms with E-state index in [1.807, 2.05) is 24.3 Å². The van der Waals surface area contributed by atoms with Crippen LogP contribution in [0.2, 0.25) is 0 Å². The van der Waals surface area contributed by atoms with Gasteiger partial charge in [-0.2, -0.15) is 5.10 Å². The van der Waals surface area contributed by atoms with Crippen LogP contribution in [0.15, 0.2) is 60.9 Å². The highest BCUT2D eigenvalue weighted by Gasteiger charge is 2.30. The van der Waals surface area contributed by atoms with Crippen LogP contribution in [0.3, 0.4) is 0 Å². The van der Waals surface area contributed by atoms with Crippen LogP contribution in [-0.4, -0.2) is 68.5 Å². The molecule has 2 aromatic carbocycles. The molecule has 35 heavy (non-hydrogen) atoms. The predicted molar refractivity (Wildman–Crippen MR) is 131 cm³/mol. The Morgan fingerprint density at radius 1 is 1.09 bits per heavy atom. The Labute approximate surface area is 206 Å². The Balaban J connectivity index is 1.16. The van der Waals surface area contributed by atoms with Crippen LogP contribution >= 0.6 is 11.8 Å². The molecule has 2 N–H and O–H groups in total. The molecule has 2 aliphatic rings. The van der Waals surface area contributed by atoms with E-state index in [4.69, 9.17) is 4.74 Å². The second-order valence-electron chi connectivity index (χ2n) is 8.41. The van der Waals surface area contributed by atoms with Gasteiger partial charge in [0, 0.05) is 31.0 Å². The first-order chi connectivity index (χ1) is 17.0. The maximum atomic E-state index is 12.6. The number of carboxylic acid groups (broad SMARTS) is 1. The van der Waals surface area contributed by atoms with E-state index < -0.39 is 17.3 Å². The maximum Gasteiger partial charge on any atom is 0.411 e. The standard InChI is InChI=1S/C25H24N4O5S/c30-23(28-9-10-35-22(13-28)24(31)32)14-29-12-16(11-26-29)27-25(33)34-15-21-19-7-3-1-5-17(19)18-6-2-4-8-20(18)21/h1-8,11-12,21-22H,9-10,13-15H2,(H,27,33)(H,31,32). The van der Waals surface area contributed by atoms with Gasteiger partial charge in [0.1, 0.15) is 18.4 Å².